The molecular weight excluding hydrogens is 561 g/mol. The van der Waals surface area contributed by atoms with Gasteiger partial charge in [0.2, 0.25) is 5.95 Å². The van der Waals surface area contributed by atoms with Crippen LogP contribution in [0.4, 0.5) is 17.5 Å². The van der Waals surface area contributed by atoms with Crippen LogP contribution in [0.25, 0.3) is 11.2 Å². The molecule has 13 nitrogen and oxygen atoms in total. The molecule has 1 saturated carbocycles. The molecule has 4 N–H and O–H groups in total. The molecule has 1 aromatic carbocycles. The number of carbonyl (C=O) groups is 1. The third kappa shape index (κ3) is 7.46. The SMILES string of the molecule is CC(C)CCON(c1ccccc1)[C@@H](C)C(=O)OP(=O)(O)OC[C@@H]1C=C[C@H](n2cnc3c(NC4CC4)nc(N)nc32)C1. The van der Waals surface area contributed by atoms with Gasteiger partial charge in [0, 0.05) is 12.0 Å². The van der Waals surface area contributed by atoms with Gasteiger partial charge in [-0.25, -0.2) is 19.4 Å². The van der Waals surface area contributed by atoms with Crippen LogP contribution in [0.2, 0.25) is 0 Å². The number of nitrogens with two attached hydrogens (primary N) is 1. The molecule has 0 amide bonds. The number of phosphoric acid groups is 1. The molecule has 5 rings (SSSR count). The fourth-order valence-electron chi connectivity index (χ4n) is 4.65. The van der Waals surface area contributed by atoms with Crippen molar-refractivity contribution in [3.8, 4) is 0 Å². The number of phosphoric ester groups is 1. The molecule has 0 bridgehead atoms. The van der Waals surface area contributed by atoms with Crippen molar-refractivity contribution in [2.75, 3.05) is 29.3 Å². The summed E-state index contributed by atoms with van der Waals surface area (Å²) < 4.78 is 24.9. The zero-order valence-electron chi connectivity index (χ0n) is 24.0. The summed E-state index contributed by atoms with van der Waals surface area (Å²) in [6, 6.07) is 8.30. The number of anilines is 3. The Bertz CT molecular complexity index is 1460. The second-order valence-electron chi connectivity index (χ2n) is 11.1. The molecule has 2 aromatic heterocycles. The number of hydroxylamine groups is 1. The Morgan fingerprint density at radius 3 is 2.69 bits per heavy atom. The van der Waals surface area contributed by atoms with Crippen molar-refractivity contribution >= 4 is 42.4 Å². The topological polar surface area (TPSA) is 167 Å². The fourth-order valence-corrected chi connectivity index (χ4v) is 5.47. The number of nitrogens with zero attached hydrogens (tertiary/aromatic N) is 5. The summed E-state index contributed by atoms with van der Waals surface area (Å²) in [5.74, 6) is 0.0388. The van der Waals surface area contributed by atoms with Crippen LogP contribution in [0.5, 0.6) is 0 Å². The summed E-state index contributed by atoms with van der Waals surface area (Å²) in [6.07, 6.45) is 9.06. The number of nitrogens with one attached hydrogen (secondary N) is 1. The van der Waals surface area contributed by atoms with Crippen LogP contribution in [0.15, 0.2) is 48.8 Å². The summed E-state index contributed by atoms with van der Waals surface area (Å²) >= 11 is 0. The predicted octanol–water partition coefficient (Wildman–Crippen LogP) is 4.63. The number of carbonyl (C=O) groups excluding carboxylic acids is 1. The molecule has 1 fully saturated rings. The van der Waals surface area contributed by atoms with Crippen LogP contribution in [0, 0.1) is 11.8 Å². The second-order valence-corrected chi connectivity index (χ2v) is 12.5. The van der Waals surface area contributed by atoms with Gasteiger partial charge in [-0.05, 0) is 50.7 Å². The van der Waals surface area contributed by atoms with Crippen LogP contribution >= 0.6 is 7.82 Å². The molecule has 2 aliphatic rings. The maximum absolute atomic E-state index is 12.9. The summed E-state index contributed by atoms with van der Waals surface area (Å²) in [4.78, 5) is 42.4. The van der Waals surface area contributed by atoms with Crippen molar-refractivity contribution in [1.29, 1.82) is 0 Å². The smallest absolute Gasteiger partial charge is 0.369 e. The molecule has 2 heterocycles. The average molecular weight is 600 g/mol. The maximum atomic E-state index is 12.9. The Labute approximate surface area is 244 Å². The van der Waals surface area contributed by atoms with Crippen LogP contribution < -0.4 is 16.1 Å². The maximum Gasteiger partial charge on any atom is 0.529 e. The number of hydrogen-bond acceptors (Lipinski definition) is 11. The van der Waals surface area contributed by atoms with E-state index in [9.17, 15) is 14.3 Å². The van der Waals surface area contributed by atoms with Gasteiger partial charge in [-0.3, -0.25) is 14.3 Å². The number of hydrogen-bond donors (Lipinski definition) is 3. The first-order valence-electron chi connectivity index (χ1n) is 14.2. The van der Waals surface area contributed by atoms with E-state index in [1.807, 2.05) is 34.9 Å². The number of nitrogen functional groups attached to an aromatic ring is 1. The standard InChI is InChI=1S/C28H38N7O6P/c1-18(2)13-14-39-35(22-7-5-4-6-8-22)19(3)27(36)41-42(37,38)40-16-20-9-12-23(15-20)34-17-30-24-25(31-21-10-11-21)32-28(29)33-26(24)34/h4-9,12,17-21,23H,10-11,13-16H2,1-3H3,(H,37,38)(H3,29,31,32,33)/t19-,20+,23-/m0/s1. The first-order valence-corrected chi connectivity index (χ1v) is 15.7. The van der Waals surface area contributed by atoms with Gasteiger partial charge in [0.25, 0.3) is 0 Å². The average Bonchev–Trinajstić information content (AvgIpc) is 3.46. The zero-order valence-corrected chi connectivity index (χ0v) is 24.9. The second kappa shape index (κ2) is 12.8. The van der Waals surface area contributed by atoms with Crippen LogP contribution in [0.1, 0.15) is 52.5 Å². The molecule has 1 unspecified atom stereocenters. The molecule has 4 atom stereocenters. The number of para-hydroxylation sites is 1. The van der Waals surface area contributed by atoms with E-state index < -0.39 is 19.8 Å². The highest BCUT2D eigenvalue weighted by atomic mass is 31.2. The molecule has 0 spiro atoms. The molecule has 0 saturated heterocycles. The van der Waals surface area contributed by atoms with Gasteiger partial charge in [-0.1, -0.05) is 44.2 Å². The van der Waals surface area contributed by atoms with Crippen molar-refractivity contribution in [1.82, 2.24) is 19.5 Å². The first kappa shape index (κ1) is 30.0. The van der Waals surface area contributed by atoms with Gasteiger partial charge < -0.3 is 20.1 Å². The van der Waals surface area contributed by atoms with Gasteiger partial charge in [-0.15, -0.1) is 0 Å². The summed E-state index contributed by atoms with van der Waals surface area (Å²) in [5, 5.41) is 4.74. The Morgan fingerprint density at radius 2 is 1.98 bits per heavy atom. The lowest BCUT2D eigenvalue weighted by Crippen LogP contribution is -2.40. The van der Waals surface area contributed by atoms with E-state index in [-0.39, 0.29) is 24.5 Å². The lowest BCUT2D eigenvalue weighted by Gasteiger charge is -2.29. The molecule has 14 heteroatoms. The fraction of sp³-hybridized carbons (Fsp3) is 0.500. The van der Waals surface area contributed by atoms with E-state index in [0.717, 1.165) is 19.3 Å². The minimum atomic E-state index is -4.70. The van der Waals surface area contributed by atoms with Gasteiger partial charge in [-0.2, -0.15) is 9.97 Å². The van der Waals surface area contributed by atoms with E-state index in [0.29, 0.717) is 47.7 Å². The summed E-state index contributed by atoms with van der Waals surface area (Å²) in [5.41, 5.74) is 7.84. The Balaban J connectivity index is 1.17. The Morgan fingerprint density at radius 1 is 1.21 bits per heavy atom. The van der Waals surface area contributed by atoms with Crippen LogP contribution in [-0.4, -0.2) is 55.7 Å². The summed E-state index contributed by atoms with van der Waals surface area (Å²) in [7, 11) is -4.70. The molecular formula is C28H38N7O6P. The van der Waals surface area contributed by atoms with E-state index in [2.05, 4.69) is 34.1 Å². The highest BCUT2D eigenvalue weighted by Crippen LogP contribution is 2.45. The van der Waals surface area contributed by atoms with E-state index >= 15 is 0 Å². The van der Waals surface area contributed by atoms with E-state index in [4.69, 9.17) is 19.6 Å². The monoisotopic (exact) mass is 599 g/mol. The number of benzene rings is 1. The number of rotatable bonds is 14. The predicted molar refractivity (Wildman–Crippen MR) is 158 cm³/mol. The van der Waals surface area contributed by atoms with E-state index in [1.54, 1.807) is 25.4 Å². The molecule has 3 aromatic rings. The van der Waals surface area contributed by atoms with Gasteiger partial charge in [0.05, 0.1) is 31.3 Å². The normalized spacial score (nSPS) is 20.5. The van der Waals surface area contributed by atoms with Crippen molar-refractivity contribution in [3.05, 3.63) is 48.8 Å². The van der Waals surface area contributed by atoms with Crippen molar-refractivity contribution in [3.63, 3.8) is 0 Å². The summed E-state index contributed by atoms with van der Waals surface area (Å²) in [6.45, 7) is 5.94. The van der Waals surface area contributed by atoms with Crippen molar-refractivity contribution in [2.24, 2.45) is 11.8 Å². The number of fused-ring (bicyclic) bond motifs is 1. The third-order valence-corrected chi connectivity index (χ3v) is 8.04. The molecule has 0 aliphatic heterocycles. The van der Waals surface area contributed by atoms with Crippen molar-refractivity contribution < 1.29 is 28.1 Å². The van der Waals surface area contributed by atoms with Gasteiger partial charge >= 0.3 is 13.8 Å². The minimum absolute atomic E-state index is 0.116. The van der Waals surface area contributed by atoms with Crippen LogP contribution in [-0.2, 0) is 23.2 Å². The molecule has 0 radical (unpaired) electrons. The lowest BCUT2D eigenvalue weighted by atomic mass is 10.1. The zero-order chi connectivity index (χ0) is 29.9. The quantitative estimate of drug-likeness (QED) is 0.134. The lowest BCUT2D eigenvalue weighted by molar-refractivity contribution is -0.139. The molecule has 2 aliphatic carbocycles. The third-order valence-electron chi connectivity index (χ3n) is 7.15. The van der Waals surface area contributed by atoms with Gasteiger partial charge in [0.15, 0.2) is 23.0 Å². The van der Waals surface area contributed by atoms with Crippen LogP contribution in [0.3, 0.4) is 0 Å². The Hall–Kier alpha value is -3.51. The Kier molecular flexibility index (Phi) is 9.12. The van der Waals surface area contributed by atoms with E-state index in [1.165, 1.54) is 5.06 Å². The van der Waals surface area contributed by atoms with Crippen molar-refractivity contribution in [2.45, 2.75) is 64.6 Å². The highest BCUT2D eigenvalue weighted by Gasteiger charge is 2.34. The first-order chi connectivity index (χ1) is 20.1. The number of aromatic nitrogens is 4. The van der Waals surface area contributed by atoms with Gasteiger partial charge in [0.1, 0.15) is 0 Å². The number of imidazole rings is 1. The molecule has 226 valence electrons. The highest BCUT2D eigenvalue weighted by molar-refractivity contribution is 7.48. The molecule has 42 heavy (non-hydrogen) atoms. The number of allylic oxidation sites excluding steroid dienone is 1. The largest absolute Gasteiger partial charge is 0.529 e. The minimum Gasteiger partial charge on any atom is -0.369 e.